The molecule has 0 saturated carbocycles. The number of rotatable bonds is 7. The summed E-state index contributed by atoms with van der Waals surface area (Å²) in [5.74, 6) is -1.82. The Morgan fingerprint density at radius 3 is 2.31 bits per heavy atom. The molecule has 0 saturated heterocycles. The second-order valence-corrected chi connectivity index (χ2v) is 7.91. The lowest BCUT2D eigenvalue weighted by Gasteiger charge is -2.15. The van der Waals surface area contributed by atoms with Crippen LogP contribution in [0.2, 0.25) is 0 Å². The maximum Gasteiger partial charge on any atom is 0.338 e. The van der Waals surface area contributed by atoms with E-state index in [-0.39, 0.29) is 17.9 Å². The Balaban J connectivity index is 1.53. The molecule has 4 aromatic rings. The predicted molar refractivity (Wildman–Crippen MR) is 129 cm³/mol. The van der Waals surface area contributed by atoms with Crippen LogP contribution in [0.15, 0.2) is 76.4 Å². The van der Waals surface area contributed by atoms with Crippen LogP contribution >= 0.6 is 0 Å². The summed E-state index contributed by atoms with van der Waals surface area (Å²) in [6.07, 6.45) is 1.67. The van der Waals surface area contributed by atoms with Crippen molar-refractivity contribution < 1.29 is 14.3 Å². The highest BCUT2D eigenvalue weighted by molar-refractivity contribution is 6.02. The third-order valence-electron chi connectivity index (χ3n) is 5.56. The molecule has 0 unspecified atom stereocenters. The van der Waals surface area contributed by atoms with Crippen molar-refractivity contribution in [2.24, 2.45) is 7.05 Å². The Kier molecular flexibility index (Phi) is 6.45. The molecule has 10 nitrogen and oxygen atoms in total. The van der Waals surface area contributed by atoms with Crippen LogP contribution < -0.4 is 17.0 Å². The number of nitrogens with zero attached hydrogens (tertiary/aromatic N) is 4. The van der Waals surface area contributed by atoms with E-state index in [4.69, 9.17) is 10.5 Å². The van der Waals surface area contributed by atoms with Crippen molar-refractivity contribution in [3.63, 3.8) is 0 Å². The van der Waals surface area contributed by atoms with Gasteiger partial charge in [-0.25, -0.2) is 14.3 Å². The van der Waals surface area contributed by atoms with E-state index in [1.165, 1.54) is 7.05 Å². The number of ether oxygens (including phenoxy) is 1. The highest BCUT2D eigenvalue weighted by Gasteiger charge is 2.23. The maximum absolute atomic E-state index is 12.8. The maximum atomic E-state index is 12.8. The van der Waals surface area contributed by atoms with E-state index in [9.17, 15) is 19.2 Å². The summed E-state index contributed by atoms with van der Waals surface area (Å²) in [6, 6.07) is 17.4. The largest absolute Gasteiger partial charge is 0.454 e. The monoisotopic (exact) mass is 473 g/mol. The number of aryl methyl sites for hydroxylation is 1. The topological polar surface area (TPSA) is 131 Å². The number of Topliss-reactive ketones (excluding diaryl/α,β-unsaturated/α-hetero) is 1. The summed E-state index contributed by atoms with van der Waals surface area (Å²) in [6.45, 7) is 1.27. The van der Waals surface area contributed by atoms with Gasteiger partial charge < -0.3 is 10.5 Å². The molecular weight excluding hydrogens is 450 g/mol. The molecule has 2 heterocycles. The molecule has 0 atom stereocenters. The van der Waals surface area contributed by atoms with Crippen LogP contribution in [-0.4, -0.2) is 37.3 Å². The first kappa shape index (κ1) is 23.4. The van der Waals surface area contributed by atoms with Gasteiger partial charge >= 0.3 is 11.7 Å². The molecule has 0 fully saturated rings. The van der Waals surface area contributed by atoms with Crippen molar-refractivity contribution in [1.82, 2.24) is 18.9 Å². The first-order valence-corrected chi connectivity index (χ1v) is 10.7. The quantitative estimate of drug-likeness (QED) is 0.319. The smallest absolute Gasteiger partial charge is 0.338 e. The third kappa shape index (κ3) is 4.67. The molecule has 0 aliphatic carbocycles. The molecule has 0 radical (unpaired) electrons. The van der Waals surface area contributed by atoms with Crippen molar-refractivity contribution in [3.8, 4) is 5.69 Å². The fourth-order valence-corrected chi connectivity index (χ4v) is 3.63. The lowest BCUT2D eigenvalue weighted by molar-refractivity contribution is 0.0474. The molecule has 2 aromatic heterocycles. The summed E-state index contributed by atoms with van der Waals surface area (Å²) < 4.78 is 8.80. The van der Waals surface area contributed by atoms with Gasteiger partial charge in [0.05, 0.1) is 17.8 Å². The average Bonchev–Trinajstić information content (AvgIpc) is 3.30. The third-order valence-corrected chi connectivity index (χ3v) is 5.56. The molecule has 0 bridgehead atoms. The Labute approximate surface area is 199 Å². The first-order chi connectivity index (χ1) is 16.8. The highest BCUT2D eigenvalue weighted by Crippen LogP contribution is 2.13. The molecular formula is C25H23N5O5. The van der Waals surface area contributed by atoms with Crippen molar-refractivity contribution >= 4 is 17.6 Å². The summed E-state index contributed by atoms with van der Waals surface area (Å²) >= 11 is 0. The van der Waals surface area contributed by atoms with Gasteiger partial charge in [0, 0.05) is 18.9 Å². The standard InChI is InChI=1S/C25H23N5O5/c1-16-12-13-27-30(16)19-10-8-18(9-11-19)24(33)35-15-20(31)21-22(26)29(25(34)28(2)23(21)32)14-17-6-4-3-5-7-17/h3-13H,14-15,26H2,1-2H3. The summed E-state index contributed by atoms with van der Waals surface area (Å²) in [7, 11) is 1.26. The van der Waals surface area contributed by atoms with Crippen molar-refractivity contribution in [2.45, 2.75) is 13.5 Å². The number of hydrogen-bond donors (Lipinski definition) is 1. The van der Waals surface area contributed by atoms with Gasteiger partial charge in [-0.05, 0) is 42.8 Å². The van der Waals surface area contributed by atoms with Gasteiger partial charge in [0.25, 0.3) is 5.56 Å². The molecule has 0 amide bonds. The Morgan fingerprint density at radius 2 is 1.69 bits per heavy atom. The number of hydrogen-bond acceptors (Lipinski definition) is 7. The summed E-state index contributed by atoms with van der Waals surface area (Å²) in [5.41, 5.74) is 6.84. The van der Waals surface area contributed by atoms with Gasteiger partial charge in [-0.2, -0.15) is 5.10 Å². The van der Waals surface area contributed by atoms with Crippen LogP contribution in [0.5, 0.6) is 0 Å². The molecule has 0 spiro atoms. The van der Waals surface area contributed by atoms with Crippen LogP contribution in [0.25, 0.3) is 5.69 Å². The zero-order chi connectivity index (χ0) is 25.1. The van der Waals surface area contributed by atoms with E-state index in [0.717, 1.165) is 26.1 Å². The second-order valence-electron chi connectivity index (χ2n) is 7.91. The van der Waals surface area contributed by atoms with Gasteiger partial charge in [-0.15, -0.1) is 0 Å². The van der Waals surface area contributed by atoms with Crippen LogP contribution in [0.1, 0.15) is 32.0 Å². The van der Waals surface area contributed by atoms with Crippen molar-refractivity contribution in [2.75, 3.05) is 12.3 Å². The molecule has 2 N–H and O–H groups in total. The van der Waals surface area contributed by atoms with Gasteiger partial charge in [0.15, 0.2) is 6.61 Å². The molecule has 2 aromatic carbocycles. The number of carbonyl (C=O) groups is 2. The lowest BCUT2D eigenvalue weighted by Crippen LogP contribution is -2.43. The van der Waals surface area contributed by atoms with E-state index in [1.807, 2.05) is 19.1 Å². The minimum Gasteiger partial charge on any atom is -0.454 e. The first-order valence-electron chi connectivity index (χ1n) is 10.7. The molecule has 35 heavy (non-hydrogen) atoms. The van der Waals surface area contributed by atoms with E-state index >= 15 is 0 Å². The zero-order valence-corrected chi connectivity index (χ0v) is 19.2. The fourth-order valence-electron chi connectivity index (χ4n) is 3.63. The Bertz CT molecular complexity index is 1510. The van der Waals surface area contributed by atoms with Crippen LogP contribution in [-0.2, 0) is 18.3 Å². The Hall–Kier alpha value is -4.73. The van der Waals surface area contributed by atoms with Crippen LogP contribution in [0.3, 0.4) is 0 Å². The molecule has 0 aliphatic rings. The number of aromatic nitrogens is 4. The average molecular weight is 473 g/mol. The number of nitrogens with two attached hydrogens (primary N) is 1. The summed E-state index contributed by atoms with van der Waals surface area (Å²) in [4.78, 5) is 50.6. The number of esters is 1. The fraction of sp³-hybridized carbons (Fsp3) is 0.160. The minimum absolute atomic E-state index is 0.0712. The van der Waals surface area contributed by atoms with Gasteiger partial charge in [0.1, 0.15) is 11.4 Å². The lowest BCUT2D eigenvalue weighted by atomic mass is 10.1. The van der Waals surface area contributed by atoms with Crippen molar-refractivity contribution in [3.05, 3.63) is 110 Å². The van der Waals surface area contributed by atoms with Crippen LogP contribution in [0.4, 0.5) is 5.82 Å². The minimum atomic E-state index is -0.850. The molecule has 10 heteroatoms. The number of anilines is 1. The van der Waals surface area contributed by atoms with Gasteiger partial charge in [-0.3, -0.25) is 18.7 Å². The van der Waals surface area contributed by atoms with E-state index in [0.29, 0.717) is 0 Å². The Morgan fingerprint density at radius 1 is 1.00 bits per heavy atom. The number of benzene rings is 2. The highest BCUT2D eigenvalue weighted by atomic mass is 16.5. The molecule has 4 rings (SSSR count). The summed E-state index contributed by atoms with van der Waals surface area (Å²) in [5, 5.41) is 4.20. The number of carbonyl (C=O) groups excluding carboxylic acids is 2. The number of ketones is 1. The van der Waals surface area contributed by atoms with Gasteiger partial charge in [0.2, 0.25) is 5.78 Å². The SMILES string of the molecule is Cc1ccnn1-c1ccc(C(=O)OCC(=O)c2c(N)n(Cc3ccccc3)c(=O)n(C)c2=O)cc1. The van der Waals surface area contributed by atoms with Crippen LogP contribution in [0, 0.1) is 6.92 Å². The number of nitrogen functional groups attached to an aromatic ring is 1. The molecule has 178 valence electrons. The van der Waals surface area contributed by atoms with Gasteiger partial charge in [-0.1, -0.05) is 30.3 Å². The van der Waals surface area contributed by atoms with E-state index < -0.39 is 35.2 Å². The normalized spacial score (nSPS) is 10.8. The predicted octanol–water partition coefficient (Wildman–Crippen LogP) is 1.71. The second kappa shape index (κ2) is 9.64. The molecule has 0 aliphatic heterocycles. The van der Waals surface area contributed by atoms with E-state index in [2.05, 4.69) is 5.10 Å². The van der Waals surface area contributed by atoms with Crippen molar-refractivity contribution in [1.29, 1.82) is 0 Å². The zero-order valence-electron chi connectivity index (χ0n) is 19.2. The van der Waals surface area contributed by atoms with E-state index in [1.54, 1.807) is 59.4 Å².